The molecule has 0 bridgehead atoms. The van der Waals surface area contributed by atoms with Crippen molar-refractivity contribution in [3.05, 3.63) is 24.3 Å². The molecule has 1 saturated carbocycles. The van der Waals surface area contributed by atoms with Gasteiger partial charge >= 0.3 is 0 Å². The molecule has 136 valence electrons. The van der Waals surface area contributed by atoms with Crippen molar-refractivity contribution in [3.8, 4) is 5.75 Å². The van der Waals surface area contributed by atoms with Crippen molar-refractivity contribution in [2.24, 2.45) is 0 Å². The van der Waals surface area contributed by atoms with Gasteiger partial charge in [-0.2, -0.15) is 0 Å². The molecule has 1 aliphatic heterocycles. The number of amides is 2. The molecule has 1 heterocycles. The van der Waals surface area contributed by atoms with Crippen molar-refractivity contribution in [1.29, 1.82) is 0 Å². The van der Waals surface area contributed by atoms with Gasteiger partial charge in [0.05, 0.1) is 5.69 Å². The highest BCUT2D eigenvalue weighted by molar-refractivity contribution is 6.03. The Morgan fingerprint density at radius 3 is 2.56 bits per heavy atom. The number of nitrogens with zero attached hydrogens (tertiary/aromatic N) is 1. The van der Waals surface area contributed by atoms with Gasteiger partial charge in [-0.15, -0.1) is 0 Å². The lowest BCUT2D eigenvalue weighted by atomic mass is 9.97. The lowest BCUT2D eigenvalue weighted by Gasteiger charge is -2.34. The molecule has 0 spiro atoms. The Bertz CT molecular complexity index is 609. The fourth-order valence-corrected chi connectivity index (χ4v) is 3.71. The summed E-state index contributed by atoms with van der Waals surface area (Å²) in [5.41, 5.74) is 0.685. The van der Waals surface area contributed by atoms with Crippen LogP contribution in [-0.4, -0.2) is 30.5 Å². The number of carbonyl (C=O) groups is 2. The van der Waals surface area contributed by atoms with E-state index in [2.05, 4.69) is 5.32 Å². The molecule has 0 unspecified atom stereocenters. The molecule has 5 nitrogen and oxygen atoms in total. The minimum absolute atomic E-state index is 0.0617. The quantitative estimate of drug-likeness (QED) is 0.910. The van der Waals surface area contributed by atoms with E-state index in [-0.39, 0.29) is 24.4 Å². The molecular formula is C20H28N2O3. The zero-order valence-electron chi connectivity index (χ0n) is 15.0. The van der Waals surface area contributed by atoms with E-state index in [0.29, 0.717) is 17.9 Å². The van der Waals surface area contributed by atoms with Crippen molar-refractivity contribution < 1.29 is 14.3 Å². The number of hydrogen-bond donors (Lipinski definition) is 1. The Kier molecular flexibility index (Phi) is 5.95. The summed E-state index contributed by atoms with van der Waals surface area (Å²) in [5, 5.41) is 3.14. The summed E-state index contributed by atoms with van der Waals surface area (Å²) in [6.07, 6.45) is 8.30. The number of benzene rings is 1. The minimum Gasteiger partial charge on any atom is -0.478 e. The van der Waals surface area contributed by atoms with Crippen LogP contribution in [0.2, 0.25) is 0 Å². The van der Waals surface area contributed by atoms with E-state index >= 15 is 0 Å². The van der Waals surface area contributed by atoms with Crippen molar-refractivity contribution >= 4 is 17.5 Å². The summed E-state index contributed by atoms with van der Waals surface area (Å²) >= 11 is 0. The average molecular weight is 344 g/mol. The first-order chi connectivity index (χ1) is 12.2. The Hall–Kier alpha value is -2.04. The third kappa shape index (κ3) is 4.33. The van der Waals surface area contributed by atoms with Crippen LogP contribution >= 0.6 is 0 Å². The monoisotopic (exact) mass is 344 g/mol. The molecule has 1 N–H and O–H groups in total. The number of rotatable bonds is 4. The second-order valence-corrected chi connectivity index (χ2v) is 7.02. The highest BCUT2D eigenvalue weighted by atomic mass is 16.5. The van der Waals surface area contributed by atoms with Crippen LogP contribution in [0.3, 0.4) is 0 Å². The van der Waals surface area contributed by atoms with Crippen LogP contribution in [0.4, 0.5) is 5.69 Å². The average Bonchev–Trinajstić information content (AvgIpc) is 2.59. The molecular weight excluding hydrogens is 316 g/mol. The third-order valence-corrected chi connectivity index (χ3v) is 5.11. The standard InChI is InChI=1S/C20H28N2O3/c1-2-17-20(24)22(16-12-8-9-13-18(16)25-17)14-19(23)21-15-10-6-4-3-5-7-11-15/h8-9,12-13,15,17H,2-7,10-11,14H2,1H3,(H,21,23)/t17-/m1/s1. The molecule has 25 heavy (non-hydrogen) atoms. The normalized spacial score (nSPS) is 21.7. The molecule has 0 radical (unpaired) electrons. The maximum atomic E-state index is 12.7. The number of anilines is 1. The highest BCUT2D eigenvalue weighted by Crippen LogP contribution is 2.34. The van der Waals surface area contributed by atoms with E-state index in [4.69, 9.17) is 4.74 Å². The van der Waals surface area contributed by atoms with Crippen LogP contribution in [0.5, 0.6) is 5.75 Å². The van der Waals surface area contributed by atoms with E-state index in [9.17, 15) is 9.59 Å². The van der Waals surface area contributed by atoms with Gasteiger partial charge in [0.2, 0.25) is 5.91 Å². The summed E-state index contributed by atoms with van der Waals surface area (Å²) in [6, 6.07) is 7.67. The van der Waals surface area contributed by atoms with Crippen molar-refractivity contribution in [3.63, 3.8) is 0 Å². The Labute approximate surface area is 149 Å². The topological polar surface area (TPSA) is 58.6 Å². The zero-order chi connectivity index (χ0) is 17.6. The molecule has 1 aromatic carbocycles. The van der Waals surface area contributed by atoms with E-state index in [1.54, 1.807) is 4.90 Å². The van der Waals surface area contributed by atoms with Crippen LogP contribution in [0, 0.1) is 0 Å². The van der Waals surface area contributed by atoms with Crippen molar-refractivity contribution in [2.75, 3.05) is 11.4 Å². The molecule has 3 rings (SSSR count). The SMILES string of the molecule is CC[C@H]1Oc2ccccc2N(CC(=O)NC2CCCCCCC2)C1=O. The van der Waals surface area contributed by atoms with Gasteiger partial charge in [-0.05, 0) is 31.4 Å². The first-order valence-corrected chi connectivity index (χ1v) is 9.55. The summed E-state index contributed by atoms with van der Waals surface area (Å²) in [5.74, 6) is 0.465. The number of fused-ring (bicyclic) bond motifs is 1. The molecule has 1 aromatic rings. The van der Waals surface area contributed by atoms with Gasteiger partial charge in [0.1, 0.15) is 12.3 Å². The Balaban J connectivity index is 1.67. The maximum Gasteiger partial charge on any atom is 0.268 e. The van der Waals surface area contributed by atoms with Crippen LogP contribution in [0.1, 0.15) is 58.3 Å². The Morgan fingerprint density at radius 1 is 1.16 bits per heavy atom. The minimum atomic E-state index is -0.510. The van der Waals surface area contributed by atoms with Gasteiger partial charge in [-0.1, -0.05) is 51.2 Å². The van der Waals surface area contributed by atoms with E-state index < -0.39 is 6.10 Å². The number of ether oxygens (including phenoxy) is 1. The lowest BCUT2D eigenvalue weighted by Crippen LogP contribution is -2.50. The number of carbonyl (C=O) groups excluding carboxylic acids is 2. The molecule has 2 amide bonds. The van der Waals surface area contributed by atoms with Gasteiger partial charge < -0.3 is 10.1 Å². The predicted molar refractivity (Wildman–Crippen MR) is 97.8 cm³/mol. The second kappa shape index (κ2) is 8.37. The summed E-state index contributed by atoms with van der Waals surface area (Å²) in [4.78, 5) is 26.8. The molecule has 1 atom stereocenters. The first-order valence-electron chi connectivity index (χ1n) is 9.55. The fourth-order valence-electron chi connectivity index (χ4n) is 3.71. The first kappa shape index (κ1) is 17.8. The molecule has 5 heteroatoms. The van der Waals surface area contributed by atoms with E-state index in [1.165, 1.54) is 32.1 Å². The molecule has 1 aliphatic carbocycles. The van der Waals surface area contributed by atoms with Gasteiger partial charge in [-0.25, -0.2) is 0 Å². The summed E-state index contributed by atoms with van der Waals surface area (Å²) < 4.78 is 5.76. The van der Waals surface area contributed by atoms with Crippen LogP contribution < -0.4 is 15.0 Å². The predicted octanol–water partition coefficient (Wildman–Crippen LogP) is 3.42. The number of nitrogens with one attached hydrogen (secondary N) is 1. The van der Waals surface area contributed by atoms with Crippen LogP contribution in [0.25, 0.3) is 0 Å². The zero-order valence-corrected chi connectivity index (χ0v) is 15.0. The van der Waals surface area contributed by atoms with Gasteiger partial charge in [0.15, 0.2) is 6.10 Å². The van der Waals surface area contributed by atoms with E-state index in [1.807, 2.05) is 31.2 Å². The summed E-state index contributed by atoms with van der Waals surface area (Å²) in [6.45, 7) is 1.98. The lowest BCUT2D eigenvalue weighted by molar-refractivity contribution is -0.129. The van der Waals surface area contributed by atoms with E-state index in [0.717, 1.165) is 12.8 Å². The van der Waals surface area contributed by atoms with Crippen molar-refractivity contribution in [1.82, 2.24) is 5.32 Å². The van der Waals surface area contributed by atoms with Crippen LogP contribution in [-0.2, 0) is 9.59 Å². The van der Waals surface area contributed by atoms with Crippen LogP contribution in [0.15, 0.2) is 24.3 Å². The molecule has 1 fully saturated rings. The van der Waals surface area contributed by atoms with Gasteiger partial charge in [0, 0.05) is 6.04 Å². The number of para-hydroxylation sites is 2. The Morgan fingerprint density at radius 2 is 1.84 bits per heavy atom. The third-order valence-electron chi connectivity index (χ3n) is 5.11. The smallest absolute Gasteiger partial charge is 0.268 e. The fraction of sp³-hybridized carbons (Fsp3) is 0.600. The highest BCUT2D eigenvalue weighted by Gasteiger charge is 2.34. The number of hydrogen-bond acceptors (Lipinski definition) is 3. The largest absolute Gasteiger partial charge is 0.478 e. The molecule has 0 aromatic heterocycles. The van der Waals surface area contributed by atoms with Gasteiger partial charge in [-0.3, -0.25) is 14.5 Å². The van der Waals surface area contributed by atoms with Crippen molar-refractivity contribution in [2.45, 2.75) is 70.4 Å². The van der Waals surface area contributed by atoms with Gasteiger partial charge in [0.25, 0.3) is 5.91 Å². The maximum absolute atomic E-state index is 12.7. The molecule has 2 aliphatic rings. The second-order valence-electron chi connectivity index (χ2n) is 7.02. The molecule has 0 saturated heterocycles. The summed E-state index contributed by atoms with van der Waals surface area (Å²) in [7, 11) is 0.